The largest absolute Gasteiger partial charge is 0.480 e. The van der Waals surface area contributed by atoms with Crippen molar-refractivity contribution in [3.63, 3.8) is 0 Å². The summed E-state index contributed by atoms with van der Waals surface area (Å²) in [6, 6.07) is 4.66. The molecule has 0 aromatic heterocycles. The molecule has 0 bridgehead atoms. The Labute approximate surface area is 153 Å². The molecule has 0 saturated heterocycles. The van der Waals surface area contributed by atoms with Crippen LogP contribution in [0.25, 0.3) is 0 Å². The third kappa shape index (κ3) is 7.89. The zero-order chi connectivity index (χ0) is 19.9. The van der Waals surface area contributed by atoms with Crippen molar-refractivity contribution in [2.24, 2.45) is 0 Å². The van der Waals surface area contributed by atoms with E-state index < -0.39 is 17.8 Å². The Kier molecular flexibility index (Phi) is 12.1. The molecule has 8 heteroatoms. The highest BCUT2D eigenvalue weighted by Crippen LogP contribution is 2.23. The van der Waals surface area contributed by atoms with E-state index in [0.29, 0.717) is 12.1 Å². The maximum Gasteiger partial charge on any atom is 0.322 e. The van der Waals surface area contributed by atoms with Crippen LogP contribution in [-0.4, -0.2) is 49.3 Å². The molecule has 0 radical (unpaired) electrons. The van der Waals surface area contributed by atoms with Crippen LogP contribution in [0.2, 0.25) is 0 Å². The van der Waals surface area contributed by atoms with E-state index in [1.54, 1.807) is 12.1 Å². The molecule has 0 unspecified atom stereocenters. The molecule has 1 heterocycles. The summed E-state index contributed by atoms with van der Waals surface area (Å²) >= 11 is 0. The Morgan fingerprint density at radius 1 is 1.19 bits per heavy atom. The van der Waals surface area contributed by atoms with Gasteiger partial charge in [0.1, 0.15) is 12.8 Å². The highest BCUT2D eigenvalue weighted by atomic mass is 16.4. The van der Waals surface area contributed by atoms with Crippen molar-refractivity contribution in [1.29, 1.82) is 0 Å². The number of amides is 2. The molecular formula is C18H27N3O5. The summed E-state index contributed by atoms with van der Waals surface area (Å²) in [6.45, 7) is 4.71. The maximum atomic E-state index is 11.4. The average molecular weight is 365 g/mol. The summed E-state index contributed by atoms with van der Waals surface area (Å²) in [5, 5.41) is 16.2. The van der Waals surface area contributed by atoms with Gasteiger partial charge < -0.3 is 20.5 Å². The van der Waals surface area contributed by atoms with Crippen molar-refractivity contribution in [2.45, 2.75) is 33.1 Å². The summed E-state index contributed by atoms with van der Waals surface area (Å²) in [4.78, 5) is 42.8. The molecule has 0 atom stereocenters. The second-order valence-corrected chi connectivity index (χ2v) is 5.02. The van der Waals surface area contributed by atoms with Crippen molar-refractivity contribution in [1.82, 2.24) is 10.6 Å². The number of carboxylic acids is 1. The van der Waals surface area contributed by atoms with E-state index in [2.05, 4.69) is 16.0 Å². The third-order valence-electron chi connectivity index (χ3n) is 3.19. The first-order valence-corrected chi connectivity index (χ1v) is 8.53. The lowest BCUT2D eigenvalue weighted by atomic mass is 10.1. The Bertz CT molecular complexity index is 617. The molecule has 0 saturated carbocycles. The van der Waals surface area contributed by atoms with Crippen LogP contribution in [0.4, 0.5) is 5.69 Å². The number of rotatable bonds is 8. The number of carbonyl (C=O) groups is 4. The van der Waals surface area contributed by atoms with Gasteiger partial charge in [0.25, 0.3) is 11.8 Å². The maximum absolute atomic E-state index is 11.4. The van der Waals surface area contributed by atoms with Gasteiger partial charge in [0.05, 0.1) is 11.1 Å². The normalized spacial score (nSPS) is 11.2. The molecular weight excluding hydrogens is 338 g/mol. The minimum Gasteiger partial charge on any atom is -0.480 e. The lowest BCUT2D eigenvalue weighted by molar-refractivity contribution is -0.134. The van der Waals surface area contributed by atoms with Crippen LogP contribution >= 0.6 is 0 Å². The van der Waals surface area contributed by atoms with Gasteiger partial charge in [-0.2, -0.15) is 0 Å². The molecule has 0 fully saturated rings. The molecule has 8 nitrogen and oxygen atoms in total. The second kappa shape index (κ2) is 13.5. The van der Waals surface area contributed by atoms with Gasteiger partial charge in [-0.15, -0.1) is 0 Å². The van der Waals surface area contributed by atoms with Gasteiger partial charge in [-0.3, -0.25) is 19.7 Å². The molecule has 1 aliphatic heterocycles. The molecule has 1 aliphatic rings. The predicted molar refractivity (Wildman–Crippen MR) is 99.6 cm³/mol. The van der Waals surface area contributed by atoms with Crippen molar-refractivity contribution in [3.8, 4) is 0 Å². The smallest absolute Gasteiger partial charge is 0.322 e. The first-order valence-electron chi connectivity index (χ1n) is 8.53. The predicted octanol–water partition coefficient (Wildman–Crippen LogP) is 1.67. The molecule has 2 rings (SSSR count). The number of hydrogen-bond acceptors (Lipinski definition) is 6. The van der Waals surface area contributed by atoms with Gasteiger partial charge in [-0.1, -0.05) is 19.9 Å². The Balaban J connectivity index is 0.000000533. The zero-order valence-corrected chi connectivity index (χ0v) is 15.4. The third-order valence-corrected chi connectivity index (χ3v) is 3.19. The fourth-order valence-electron chi connectivity index (χ4n) is 2.07. The number of carbonyl (C=O) groups excluding carboxylic acids is 3. The minimum atomic E-state index is -1.04. The number of benzene rings is 1. The van der Waals surface area contributed by atoms with Crippen LogP contribution in [0, 0.1) is 0 Å². The monoisotopic (exact) mass is 365 g/mol. The number of carboxylic acid groups (broad SMARTS) is 1. The number of imide groups is 1. The minimum absolute atomic E-state index is 0.203. The van der Waals surface area contributed by atoms with E-state index in [0.717, 1.165) is 25.7 Å². The lowest BCUT2D eigenvalue weighted by Crippen LogP contribution is -2.20. The van der Waals surface area contributed by atoms with E-state index in [4.69, 9.17) is 5.11 Å². The topological polar surface area (TPSA) is 125 Å². The van der Waals surface area contributed by atoms with Crippen molar-refractivity contribution in [3.05, 3.63) is 29.3 Å². The molecule has 26 heavy (non-hydrogen) atoms. The van der Waals surface area contributed by atoms with Crippen LogP contribution < -0.4 is 16.0 Å². The molecule has 0 aliphatic carbocycles. The van der Waals surface area contributed by atoms with Crippen molar-refractivity contribution >= 4 is 29.8 Å². The van der Waals surface area contributed by atoms with Gasteiger partial charge in [0.2, 0.25) is 0 Å². The zero-order valence-electron chi connectivity index (χ0n) is 15.4. The Morgan fingerprint density at radius 3 is 2.46 bits per heavy atom. The van der Waals surface area contributed by atoms with E-state index in [1.807, 2.05) is 20.9 Å². The van der Waals surface area contributed by atoms with Crippen molar-refractivity contribution < 1.29 is 24.3 Å². The number of fused-ring (bicyclic) bond motifs is 1. The fraction of sp³-hybridized carbons (Fsp3) is 0.444. The molecule has 4 N–H and O–H groups in total. The van der Waals surface area contributed by atoms with Crippen LogP contribution in [-0.2, 0) is 9.59 Å². The molecule has 0 spiro atoms. The van der Waals surface area contributed by atoms with Crippen molar-refractivity contribution in [2.75, 3.05) is 25.5 Å². The molecule has 1 aromatic carbocycles. The van der Waals surface area contributed by atoms with Gasteiger partial charge in [-0.05, 0) is 38.6 Å². The number of nitrogens with one attached hydrogen (secondary N) is 3. The number of aldehydes is 1. The SMILES string of the molecule is CC.CNCCCCC=O.O=C(O)CNc1cccc2c1C(=O)NC2=O. The van der Waals surface area contributed by atoms with Gasteiger partial charge >= 0.3 is 5.97 Å². The standard InChI is InChI=1S/C10H8N2O4.C6H13NO.C2H6/c13-7(14)4-11-6-3-1-2-5-8(6)10(16)12-9(5)15;1-7-5-3-2-4-6-8;1-2/h1-3,11H,4H2,(H,13,14)(H,12,15,16);6-7H,2-5H2,1H3;1-2H3. The van der Waals surface area contributed by atoms with E-state index in [9.17, 15) is 19.2 Å². The van der Waals surface area contributed by atoms with Crippen LogP contribution in [0.15, 0.2) is 18.2 Å². The number of unbranched alkanes of at least 4 members (excludes halogenated alkanes) is 2. The van der Waals surface area contributed by atoms with Crippen LogP contribution in [0.3, 0.4) is 0 Å². The summed E-state index contributed by atoms with van der Waals surface area (Å²) in [6.07, 6.45) is 3.80. The molecule has 1 aromatic rings. The Hall–Kier alpha value is -2.74. The first kappa shape index (κ1) is 23.3. The fourth-order valence-corrected chi connectivity index (χ4v) is 2.07. The van der Waals surface area contributed by atoms with Crippen LogP contribution in [0.5, 0.6) is 0 Å². The number of aliphatic carboxylic acids is 1. The summed E-state index contributed by atoms with van der Waals surface area (Å²) in [5.41, 5.74) is 0.817. The van der Waals surface area contributed by atoms with Gasteiger partial charge in [0, 0.05) is 12.1 Å². The Morgan fingerprint density at radius 2 is 1.88 bits per heavy atom. The molecule has 2 amide bonds. The average Bonchev–Trinajstić information content (AvgIpc) is 2.94. The van der Waals surface area contributed by atoms with E-state index in [1.165, 1.54) is 6.07 Å². The highest BCUT2D eigenvalue weighted by molar-refractivity contribution is 6.23. The van der Waals surface area contributed by atoms with Crippen LogP contribution in [0.1, 0.15) is 53.8 Å². The van der Waals surface area contributed by atoms with E-state index >= 15 is 0 Å². The van der Waals surface area contributed by atoms with E-state index in [-0.39, 0.29) is 17.7 Å². The lowest BCUT2D eigenvalue weighted by Gasteiger charge is -2.06. The highest BCUT2D eigenvalue weighted by Gasteiger charge is 2.29. The summed E-state index contributed by atoms with van der Waals surface area (Å²) < 4.78 is 0. The number of anilines is 1. The molecule has 144 valence electrons. The summed E-state index contributed by atoms with van der Waals surface area (Å²) in [7, 11) is 1.92. The number of hydrogen-bond donors (Lipinski definition) is 4. The second-order valence-electron chi connectivity index (χ2n) is 5.02. The quantitative estimate of drug-likeness (QED) is 0.314. The van der Waals surface area contributed by atoms with Gasteiger partial charge in [0.15, 0.2) is 0 Å². The first-order chi connectivity index (χ1) is 12.5. The van der Waals surface area contributed by atoms with Gasteiger partial charge in [-0.25, -0.2) is 0 Å². The summed E-state index contributed by atoms with van der Waals surface area (Å²) in [5.74, 6) is -2.00.